The molecule has 0 bridgehead atoms. The maximum Gasteiger partial charge on any atom is 0.188 e. The first-order valence-corrected chi connectivity index (χ1v) is 6.51. The number of carbonyl (C=O) groups is 1. The van der Waals surface area contributed by atoms with Gasteiger partial charge in [0, 0.05) is 10.4 Å². The van der Waals surface area contributed by atoms with Crippen LogP contribution in [0.5, 0.6) is 0 Å². The van der Waals surface area contributed by atoms with Crippen molar-refractivity contribution in [3.63, 3.8) is 0 Å². The van der Waals surface area contributed by atoms with Gasteiger partial charge in [0.25, 0.3) is 0 Å². The Balaban J connectivity index is 1.80. The molecular formula is C13H15BrO2. The number of Topliss-reactive ketones (excluding diaryl/α,β-unsaturated/α-hetero) is 1. The van der Waals surface area contributed by atoms with Crippen LogP contribution in [0.2, 0.25) is 0 Å². The van der Waals surface area contributed by atoms with Crippen LogP contribution in [0.4, 0.5) is 0 Å². The van der Waals surface area contributed by atoms with E-state index in [0.29, 0.717) is 4.83 Å². The van der Waals surface area contributed by atoms with E-state index >= 15 is 0 Å². The normalized spacial score (nSPS) is 24.6. The van der Waals surface area contributed by atoms with Crippen LogP contribution < -0.4 is 0 Å². The van der Waals surface area contributed by atoms with Crippen molar-refractivity contribution in [2.45, 2.75) is 30.2 Å². The van der Waals surface area contributed by atoms with Crippen molar-refractivity contribution in [2.75, 3.05) is 6.61 Å². The zero-order valence-corrected chi connectivity index (χ0v) is 10.7. The molecule has 1 aromatic rings. The molecule has 1 aliphatic carbocycles. The maximum atomic E-state index is 11.7. The lowest BCUT2D eigenvalue weighted by Gasteiger charge is -2.10. The highest BCUT2D eigenvalue weighted by atomic mass is 79.9. The molecule has 2 nitrogen and oxygen atoms in total. The topological polar surface area (TPSA) is 26.3 Å². The first-order chi connectivity index (χ1) is 7.75. The molecule has 0 aromatic heterocycles. The van der Waals surface area contributed by atoms with Crippen LogP contribution in [0, 0.1) is 0 Å². The molecular weight excluding hydrogens is 268 g/mol. The van der Waals surface area contributed by atoms with Gasteiger partial charge in [-0.25, -0.2) is 0 Å². The highest BCUT2D eigenvalue weighted by molar-refractivity contribution is 9.09. The number of alkyl halides is 1. The first kappa shape index (κ1) is 11.8. The quantitative estimate of drug-likeness (QED) is 0.626. The van der Waals surface area contributed by atoms with Gasteiger partial charge in [0.1, 0.15) is 6.61 Å². The molecule has 0 N–H and O–H groups in total. The molecule has 2 rings (SSSR count). The number of benzene rings is 1. The van der Waals surface area contributed by atoms with Gasteiger partial charge in [0.15, 0.2) is 5.78 Å². The van der Waals surface area contributed by atoms with Crippen LogP contribution >= 0.6 is 15.9 Å². The standard InChI is InChI=1S/C13H15BrO2/c14-11-6-7-12(8-11)16-9-13(15)10-4-2-1-3-5-10/h1-5,11-12H,6-9H2. The minimum atomic E-state index is 0.0682. The second kappa shape index (κ2) is 5.60. The summed E-state index contributed by atoms with van der Waals surface area (Å²) in [6.07, 6.45) is 3.46. The Morgan fingerprint density at radius 3 is 2.69 bits per heavy atom. The van der Waals surface area contributed by atoms with Crippen molar-refractivity contribution >= 4 is 21.7 Å². The Morgan fingerprint density at radius 1 is 1.31 bits per heavy atom. The number of ether oxygens (including phenoxy) is 1. The third kappa shape index (κ3) is 3.16. The molecule has 1 aromatic carbocycles. The summed E-state index contributed by atoms with van der Waals surface area (Å²) in [5, 5.41) is 0. The molecule has 0 radical (unpaired) electrons. The monoisotopic (exact) mass is 282 g/mol. The molecule has 1 fully saturated rings. The van der Waals surface area contributed by atoms with Gasteiger partial charge in [-0.15, -0.1) is 0 Å². The van der Waals surface area contributed by atoms with Crippen LogP contribution in [0.1, 0.15) is 29.6 Å². The summed E-state index contributed by atoms with van der Waals surface area (Å²) in [5.41, 5.74) is 0.732. The van der Waals surface area contributed by atoms with E-state index in [1.165, 1.54) is 0 Å². The Kier molecular flexibility index (Phi) is 4.13. The number of ketones is 1. The lowest BCUT2D eigenvalue weighted by atomic mass is 10.1. The lowest BCUT2D eigenvalue weighted by Crippen LogP contribution is -2.16. The predicted octanol–water partition coefficient (Wildman–Crippen LogP) is 3.20. The van der Waals surface area contributed by atoms with Crippen molar-refractivity contribution < 1.29 is 9.53 Å². The van der Waals surface area contributed by atoms with E-state index in [9.17, 15) is 4.79 Å². The largest absolute Gasteiger partial charge is 0.370 e. The summed E-state index contributed by atoms with van der Waals surface area (Å²) < 4.78 is 5.61. The Bertz CT molecular complexity index is 350. The highest BCUT2D eigenvalue weighted by Crippen LogP contribution is 2.27. The molecule has 1 saturated carbocycles. The van der Waals surface area contributed by atoms with E-state index in [2.05, 4.69) is 15.9 Å². The third-order valence-corrected chi connectivity index (χ3v) is 3.70. The minimum absolute atomic E-state index is 0.0682. The molecule has 16 heavy (non-hydrogen) atoms. The van der Waals surface area contributed by atoms with Gasteiger partial charge < -0.3 is 4.74 Å². The number of rotatable bonds is 4. The van der Waals surface area contributed by atoms with E-state index in [-0.39, 0.29) is 18.5 Å². The van der Waals surface area contributed by atoms with Crippen LogP contribution in [0.3, 0.4) is 0 Å². The van der Waals surface area contributed by atoms with Crippen molar-refractivity contribution in [1.82, 2.24) is 0 Å². The molecule has 3 heteroatoms. The molecule has 1 aliphatic rings. The van der Waals surface area contributed by atoms with Crippen LogP contribution in [0.15, 0.2) is 30.3 Å². The molecule has 2 atom stereocenters. The van der Waals surface area contributed by atoms with E-state index < -0.39 is 0 Å². The zero-order chi connectivity index (χ0) is 11.4. The van der Waals surface area contributed by atoms with Gasteiger partial charge >= 0.3 is 0 Å². The fourth-order valence-corrected chi connectivity index (χ4v) is 2.62. The van der Waals surface area contributed by atoms with Crippen LogP contribution in [-0.4, -0.2) is 23.3 Å². The average Bonchev–Trinajstić information content (AvgIpc) is 2.73. The number of halogens is 1. The summed E-state index contributed by atoms with van der Waals surface area (Å²) in [4.78, 5) is 12.3. The summed E-state index contributed by atoms with van der Waals surface area (Å²) in [7, 11) is 0. The fraction of sp³-hybridized carbons (Fsp3) is 0.462. The minimum Gasteiger partial charge on any atom is -0.370 e. The Labute approximate surface area is 104 Å². The van der Waals surface area contributed by atoms with Gasteiger partial charge in [-0.2, -0.15) is 0 Å². The zero-order valence-electron chi connectivity index (χ0n) is 9.06. The summed E-state index contributed by atoms with van der Waals surface area (Å²) in [6.45, 7) is 0.203. The molecule has 0 amide bonds. The molecule has 2 unspecified atom stereocenters. The number of hydrogen-bond donors (Lipinski definition) is 0. The fourth-order valence-electron chi connectivity index (χ4n) is 1.94. The lowest BCUT2D eigenvalue weighted by molar-refractivity contribution is 0.0484. The van der Waals surface area contributed by atoms with E-state index in [0.717, 1.165) is 24.8 Å². The van der Waals surface area contributed by atoms with Crippen LogP contribution in [-0.2, 0) is 4.74 Å². The summed E-state index contributed by atoms with van der Waals surface area (Å²) in [5.74, 6) is 0.0682. The van der Waals surface area contributed by atoms with Crippen molar-refractivity contribution in [2.24, 2.45) is 0 Å². The van der Waals surface area contributed by atoms with Crippen molar-refractivity contribution in [3.8, 4) is 0 Å². The second-order valence-corrected chi connectivity index (χ2v) is 5.43. The van der Waals surface area contributed by atoms with Gasteiger partial charge in [-0.1, -0.05) is 46.3 Å². The van der Waals surface area contributed by atoms with E-state index in [4.69, 9.17) is 4.74 Å². The molecule has 0 aliphatic heterocycles. The van der Waals surface area contributed by atoms with Gasteiger partial charge in [-0.3, -0.25) is 4.79 Å². The van der Waals surface area contributed by atoms with Gasteiger partial charge in [0.2, 0.25) is 0 Å². The van der Waals surface area contributed by atoms with E-state index in [1.54, 1.807) is 0 Å². The van der Waals surface area contributed by atoms with Gasteiger partial charge in [0.05, 0.1) is 6.10 Å². The predicted molar refractivity (Wildman–Crippen MR) is 67.1 cm³/mol. The summed E-state index contributed by atoms with van der Waals surface area (Å²) >= 11 is 3.57. The molecule has 0 heterocycles. The van der Waals surface area contributed by atoms with Crippen LogP contribution in [0.25, 0.3) is 0 Å². The average molecular weight is 283 g/mol. The highest BCUT2D eigenvalue weighted by Gasteiger charge is 2.23. The SMILES string of the molecule is O=C(COC1CCC(Br)C1)c1ccccc1. The van der Waals surface area contributed by atoms with Crippen molar-refractivity contribution in [3.05, 3.63) is 35.9 Å². The number of carbonyl (C=O) groups excluding carboxylic acids is 1. The first-order valence-electron chi connectivity index (χ1n) is 5.59. The molecule has 86 valence electrons. The summed E-state index contributed by atoms with van der Waals surface area (Å²) in [6, 6.07) is 9.31. The molecule has 0 saturated heterocycles. The Hall–Kier alpha value is -0.670. The van der Waals surface area contributed by atoms with Gasteiger partial charge in [-0.05, 0) is 19.3 Å². The second-order valence-electron chi connectivity index (χ2n) is 4.13. The smallest absolute Gasteiger partial charge is 0.188 e. The maximum absolute atomic E-state index is 11.7. The third-order valence-electron chi connectivity index (χ3n) is 2.87. The van der Waals surface area contributed by atoms with E-state index in [1.807, 2.05) is 30.3 Å². The Morgan fingerprint density at radius 2 is 2.06 bits per heavy atom. The number of hydrogen-bond acceptors (Lipinski definition) is 2. The van der Waals surface area contributed by atoms with Crippen molar-refractivity contribution in [1.29, 1.82) is 0 Å². The molecule has 0 spiro atoms.